The van der Waals surface area contributed by atoms with Gasteiger partial charge in [0.1, 0.15) is 0 Å². The van der Waals surface area contributed by atoms with Crippen LogP contribution in [0.15, 0.2) is 16.8 Å². The van der Waals surface area contributed by atoms with Crippen LogP contribution in [0.4, 0.5) is 13.2 Å². The number of amides is 2. The Morgan fingerprint density at radius 3 is 2.64 bits per heavy atom. The van der Waals surface area contributed by atoms with Gasteiger partial charge in [-0.15, -0.1) is 0 Å². The zero-order valence-corrected chi connectivity index (χ0v) is 13.1. The van der Waals surface area contributed by atoms with Gasteiger partial charge in [0.2, 0.25) is 5.91 Å². The summed E-state index contributed by atoms with van der Waals surface area (Å²) in [5.41, 5.74) is -0.866. The molecule has 1 N–H and O–H groups in total. The topological polar surface area (TPSA) is 49.4 Å². The van der Waals surface area contributed by atoms with Crippen molar-refractivity contribution in [1.29, 1.82) is 0 Å². The molecule has 0 bridgehead atoms. The van der Waals surface area contributed by atoms with E-state index in [4.69, 9.17) is 0 Å². The summed E-state index contributed by atoms with van der Waals surface area (Å²) in [7, 11) is 0. The molecule has 0 saturated carbocycles. The number of carbonyl (C=O) groups is 2. The van der Waals surface area contributed by atoms with Crippen LogP contribution in [0.25, 0.3) is 0 Å². The van der Waals surface area contributed by atoms with Crippen LogP contribution in [0.2, 0.25) is 0 Å². The molecule has 1 aliphatic heterocycles. The van der Waals surface area contributed by atoms with Crippen molar-refractivity contribution in [3.05, 3.63) is 22.4 Å². The van der Waals surface area contributed by atoms with Crippen molar-refractivity contribution in [3.8, 4) is 0 Å². The quantitative estimate of drug-likeness (QED) is 0.924. The molecule has 0 aromatic carbocycles. The molecule has 2 amide bonds. The van der Waals surface area contributed by atoms with Crippen LogP contribution in [0, 0.1) is 5.92 Å². The Morgan fingerprint density at radius 2 is 2.14 bits per heavy atom. The van der Waals surface area contributed by atoms with E-state index in [0.29, 0.717) is 5.56 Å². The zero-order valence-electron chi connectivity index (χ0n) is 12.2. The van der Waals surface area contributed by atoms with Crippen LogP contribution in [-0.2, 0) is 4.79 Å². The van der Waals surface area contributed by atoms with Gasteiger partial charge in [-0.1, -0.05) is 0 Å². The Morgan fingerprint density at radius 1 is 1.45 bits per heavy atom. The van der Waals surface area contributed by atoms with Crippen LogP contribution in [0.1, 0.15) is 30.6 Å². The number of thiophene rings is 1. The molecule has 22 heavy (non-hydrogen) atoms. The third-order valence-electron chi connectivity index (χ3n) is 4.07. The van der Waals surface area contributed by atoms with E-state index < -0.39 is 29.4 Å². The minimum Gasteiger partial charge on any atom is -0.343 e. The highest BCUT2D eigenvalue weighted by Crippen LogP contribution is 2.44. The monoisotopic (exact) mass is 334 g/mol. The van der Waals surface area contributed by atoms with E-state index in [1.807, 2.05) is 0 Å². The van der Waals surface area contributed by atoms with Gasteiger partial charge in [0.25, 0.3) is 5.91 Å². The van der Waals surface area contributed by atoms with Gasteiger partial charge in [-0.25, -0.2) is 0 Å². The molecule has 1 aromatic heterocycles. The lowest BCUT2D eigenvalue weighted by atomic mass is 9.88. The highest BCUT2D eigenvalue weighted by molar-refractivity contribution is 7.08. The second kappa shape index (κ2) is 5.91. The molecule has 1 saturated heterocycles. The number of rotatable bonds is 3. The van der Waals surface area contributed by atoms with Crippen LogP contribution >= 0.6 is 11.3 Å². The van der Waals surface area contributed by atoms with E-state index in [1.54, 1.807) is 16.8 Å². The van der Waals surface area contributed by atoms with Crippen molar-refractivity contribution in [1.82, 2.24) is 10.2 Å². The maximum absolute atomic E-state index is 13.0. The lowest BCUT2D eigenvalue weighted by molar-refractivity contribution is -0.192. The largest absolute Gasteiger partial charge is 0.394 e. The molecule has 0 aliphatic carbocycles. The molecule has 2 rings (SSSR count). The summed E-state index contributed by atoms with van der Waals surface area (Å²) in [6.07, 6.45) is -4.45. The molecule has 0 spiro atoms. The zero-order chi connectivity index (χ0) is 16.5. The molecular weight excluding hydrogens is 317 g/mol. The number of alkyl halides is 3. The van der Waals surface area contributed by atoms with Gasteiger partial charge in [0.15, 0.2) is 0 Å². The standard InChI is InChI=1S/C14H17F3N2O2S/c1-13(2)10(14(15,16)17)3-5-19(13)11(20)7-18-12(21)9-4-6-22-8-9/h4,6,8,10H,3,5,7H2,1-2H3,(H,18,21)/t10-/m0/s1. The second-order valence-corrected chi connectivity index (χ2v) is 6.56. The summed E-state index contributed by atoms with van der Waals surface area (Å²) in [5, 5.41) is 5.82. The van der Waals surface area contributed by atoms with Gasteiger partial charge in [-0.2, -0.15) is 24.5 Å². The molecule has 4 nitrogen and oxygen atoms in total. The van der Waals surface area contributed by atoms with Crippen LogP contribution in [0.3, 0.4) is 0 Å². The normalized spacial score (nSPS) is 21.0. The molecule has 1 aromatic rings. The molecule has 0 radical (unpaired) electrons. The number of nitrogens with one attached hydrogen (secondary N) is 1. The molecule has 1 atom stereocenters. The average Bonchev–Trinajstić information content (AvgIpc) is 3.01. The van der Waals surface area contributed by atoms with Crippen LogP contribution in [-0.4, -0.2) is 41.5 Å². The van der Waals surface area contributed by atoms with E-state index in [9.17, 15) is 22.8 Å². The van der Waals surface area contributed by atoms with E-state index in [-0.39, 0.29) is 19.5 Å². The number of hydrogen-bond donors (Lipinski definition) is 1. The number of halogens is 3. The van der Waals surface area contributed by atoms with Gasteiger partial charge in [0, 0.05) is 23.0 Å². The van der Waals surface area contributed by atoms with E-state index in [0.717, 1.165) is 0 Å². The van der Waals surface area contributed by atoms with Crippen LogP contribution < -0.4 is 5.32 Å². The molecule has 122 valence electrons. The summed E-state index contributed by atoms with van der Waals surface area (Å²) in [5.74, 6) is -2.45. The predicted molar refractivity (Wildman–Crippen MR) is 76.6 cm³/mol. The molecule has 2 heterocycles. The molecule has 8 heteroatoms. The van der Waals surface area contributed by atoms with Crippen molar-refractivity contribution >= 4 is 23.2 Å². The second-order valence-electron chi connectivity index (χ2n) is 5.78. The highest BCUT2D eigenvalue weighted by Gasteiger charge is 2.56. The van der Waals surface area contributed by atoms with Gasteiger partial charge < -0.3 is 10.2 Å². The number of likely N-dealkylation sites (tertiary alicyclic amines) is 1. The van der Waals surface area contributed by atoms with Crippen molar-refractivity contribution in [3.63, 3.8) is 0 Å². The first-order valence-electron chi connectivity index (χ1n) is 6.81. The Balaban J connectivity index is 1.97. The van der Waals surface area contributed by atoms with E-state index in [2.05, 4.69) is 5.32 Å². The maximum Gasteiger partial charge on any atom is 0.394 e. The Kier molecular flexibility index (Phi) is 4.51. The third-order valence-corrected chi connectivity index (χ3v) is 4.75. The Bertz CT molecular complexity index is 555. The fraction of sp³-hybridized carbons (Fsp3) is 0.571. The number of carbonyl (C=O) groups excluding carboxylic acids is 2. The summed E-state index contributed by atoms with van der Waals surface area (Å²) < 4.78 is 39.0. The van der Waals surface area contributed by atoms with Crippen molar-refractivity contribution in [2.24, 2.45) is 5.92 Å². The first kappa shape index (κ1) is 16.8. The fourth-order valence-electron chi connectivity index (χ4n) is 2.85. The van der Waals surface area contributed by atoms with Gasteiger partial charge in [-0.05, 0) is 31.7 Å². The SMILES string of the molecule is CC1(C)[C@@H](C(F)(F)F)CCN1C(=O)CNC(=O)c1ccsc1. The van der Waals surface area contributed by atoms with Gasteiger partial charge in [-0.3, -0.25) is 9.59 Å². The summed E-state index contributed by atoms with van der Waals surface area (Å²) in [6, 6.07) is 1.62. The minimum absolute atomic E-state index is 0.0460. The first-order chi connectivity index (χ1) is 10.1. The van der Waals surface area contributed by atoms with Crippen LogP contribution in [0.5, 0.6) is 0 Å². The third kappa shape index (κ3) is 3.26. The summed E-state index contributed by atoms with van der Waals surface area (Å²) in [6.45, 7) is 2.57. The molecular formula is C14H17F3N2O2S. The lowest BCUT2D eigenvalue weighted by Gasteiger charge is -2.36. The van der Waals surface area contributed by atoms with Gasteiger partial charge >= 0.3 is 6.18 Å². The minimum atomic E-state index is -4.33. The van der Waals surface area contributed by atoms with Crippen molar-refractivity contribution in [2.45, 2.75) is 32.0 Å². The summed E-state index contributed by atoms with van der Waals surface area (Å²) in [4.78, 5) is 25.1. The Hall–Kier alpha value is -1.57. The fourth-order valence-corrected chi connectivity index (χ4v) is 3.48. The Labute approximate surface area is 130 Å². The summed E-state index contributed by atoms with van der Waals surface area (Å²) >= 11 is 1.35. The number of nitrogens with zero attached hydrogens (tertiary/aromatic N) is 1. The molecule has 1 aliphatic rings. The first-order valence-corrected chi connectivity index (χ1v) is 7.76. The van der Waals surface area contributed by atoms with Gasteiger partial charge in [0.05, 0.1) is 12.5 Å². The smallest absolute Gasteiger partial charge is 0.343 e. The average molecular weight is 334 g/mol. The van der Waals surface area contributed by atoms with Crippen molar-refractivity contribution in [2.75, 3.05) is 13.1 Å². The molecule has 1 fully saturated rings. The van der Waals surface area contributed by atoms with Crippen molar-refractivity contribution < 1.29 is 22.8 Å². The molecule has 0 unspecified atom stereocenters. The van der Waals surface area contributed by atoms with E-state index >= 15 is 0 Å². The lowest BCUT2D eigenvalue weighted by Crippen LogP contribution is -2.52. The highest BCUT2D eigenvalue weighted by atomic mass is 32.1. The van der Waals surface area contributed by atoms with E-state index in [1.165, 1.54) is 30.1 Å². The maximum atomic E-state index is 13.0. The predicted octanol–water partition coefficient (Wildman–Crippen LogP) is 2.67. The number of hydrogen-bond acceptors (Lipinski definition) is 3.